The summed E-state index contributed by atoms with van der Waals surface area (Å²) in [6.45, 7) is 4.74. The molecule has 0 spiro atoms. The number of halogens is 1. The van der Waals surface area contributed by atoms with Crippen LogP contribution in [-0.4, -0.2) is 29.9 Å². The first kappa shape index (κ1) is 20.3. The second-order valence-corrected chi connectivity index (χ2v) is 6.50. The fourth-order valence-corrected chi connectivity index (χ4v) is 2.96. The molecule has 6 nitrogen and oxygen atoms in total. The van der Waals surface area contributed by atoms with Gasteiger partial charge in [-0.05, 0) is 48.6 Å². The molecule has 1 aromatic heterocycles. The number of nitrogens with two attached hydrogens (primary N) is 1. The van der Waals surface area contributed by atoms with Crippen LogP contribution in [0.5, 0.6) is 0 Å². The van der Waals surface area contributed by atoms with E-state index >= 15 is 0 Å². The van der Waals surface area contributed by atoms with Crippen molar-refractivity contribution in [1.29, 1.82) is 0 Å². The van der Waals surface area contributed by atoms with Crippen molar-refractivity contribution in [3.8, 4) is 0 Å². The Balaban J connectivity index is 0.00000243. The number of nitrogens with one attached hydrogen (secondary N) is 1. The number of nitrogens with zero attached hydrogens (tertiary/aromatic N) is 2. The van der Waals surface area contributed by atoms with E-state index in [9.17, 15) is 4.79 Å². The van der Waals surface area contributed by atoms with E-state index in [1.54, 1.807) is 12.1 Å². The maximum atomic E-state index is 11.9. The number of hydrogen-bond donors (Lipinski definition) is 2. The number of piperidine rings is 1. The van der Waals surface area contributed by atoms with Crippen LogP contribution in [0.25, 0.3) is 0 Å². The van der Waals surface area contributed by atoms with Crippen molar-refractivity contribution >= 4 is 41.5 Å². The Morgan fingerprint density at radius 1 is 1.35 bits per heavy atom. The molecule has 1 fully saturated rings. The summed E-state index contributed by atoms with van der Waals surface area (Å²) in [6.07, 6.45) is 3.90. The molecule has 140 valence electrons. The van der Waals surface area contributed by atoms with Crippen molar-refractivity contribution in [2.75, 3.05) is 18.4 Å². The number of anilines is 1. The molecule has 3 rings (SSSR count). The van der Waals surface area contributed by atoms with Crippen molar-refractivity contribution < 1.29 is 9.21 Å². The molecule has 0 aliphatic carbocycles. The number of amides is 1. The number of carbonyl (C=O) groups excluding carboxylic acids is 1. The number of furan rings is 1. The highest BCUT2D eigenvalue weighted by atomic mass is 127. The van der Waals surface area contributed by atoms with Crippen LogP contribution in [0, 0.1) is 5.92 Å². The van der Waals surface area contributed by atoms with E-state index in [0.29, 0.717) is 24.1 Å². The molecule has 1 aliphatic heterocycles. The third-order valence-corrected chi connectivity index (χ3v) is 4.36. The highest BCUT2D eigenvalue weighted by molar-refractivity contribution is 14.0. The maximum absolute atomic E-state index is 11.9. The van der Waals surface area contributed by atoms with E-state index in [-0.39, 0.29) is 35.6 Å². The molecule has 1 unspecified atom stereocenters. The van der Waals surface area contributed by atoms with Gasteiger partial charge in [0.25, 0.3) is 5.91 Å². The number of guanidine groups is 1. The molecule has 7 heteroatoms. The largest absolute Gasteiger partial charge is 0.459 e. The zero-order chi connectivity index (χ0) is 17.6. The quantitative estimate of drug-likeness (QED) is 0.407. The second-order valence-electron chi connectivity index (χ2n) is 6.50. The average Bonchev–Trinajstić information content (AvgIpc) is 3.16. The molecule has 3 N–H and O–H groups in total. The first-order chi connectivity index (χ1) is 12.1. The molecule has 0 bridgehead atoms. The van der Waals surface area contributed by atoms with E-state index in [0.717, 1.165) is 18.7 Å². The molecular formula is C19H25IN4O2. The van der Waals surface area contributed by atoms with Crippen LogP contribution >= 0.6 is 24.0 Å². The van der Waals surface area contributed by atoms with Gasteiger partial charge in [-0.15, -0.1) is 24.0 Å². The van der Waals surface area contributed by atoms with Gasteiger partial charge in [-0.2, -0.15) is 0 Å². The molecule has 0 saturated carbocycles. The summed E-state index contributed by atoms with van der Waals surface area (Å²) < 4.78 is 5.07. The van der Waals surface area contributed by atoms with Crippen molar-refractivity contribution in [3.63, 3.8) is 0 Å². The minimum absolute atomic E-state index is 0. The molecule has 2 heterocycles. The third kappa shape index (κ3) is 5.48. The van der Waals surface area contributed by atoms with Gasteiger partial charge >= 0.3 is 0 Å². The SMILES string of the molecule is CC1CCCN(C(N)=NCc2ccc(NC(=O)c3ccco3)cc2)C1.I. The van der Waals surface area contributed by atoms with Gasteiger partial charge < -0.3 is 20.4 Å². The van der Waals surface area contributed by atoms with Gasteiger partial charge in [-0.3, -0.25) is 4.79 Å². The van der Waals surface area contributed by atoms with Gasteiger partial charge in [-0.25, -0.2) is 4.99 Å². The predicted octanol–water partition coefficient (Wildman–Crippen LogP) is 3.70. The van der Waals surface area contributed by atoms with Crippen LogP contribution < -0.4 is 11.1 Å². The fourth-order valence-electron chi connectivity index (χ4n) is 2.96. The summed E-state index contributed by atoms with van der Waals surface area (Å²) in [5, 5.41) is 2.79. The summed E-state index contributed by atoms with van der Waals surface area (Å²) in [6, 6.07) is 10.9. The molecule has 1 amide bonds. The van der Waals surface area contributed by atoms with Crippen molar-refractivity contribution in [2.45, 2.75) is 26.3 Å². The maximum Gasteiger partial charge on any atom is 0.291 e. The average molecular weight is 468 g/mol. The summed E-state index contributed by atoms with van der Waals surface area (Å²) in [5.41, 5.74) is 7.88. The third-order valence-electron chi connectivity index (χ3n) is 4.36. The lowest BCUT2D eigenvalue weighted by molar-refractivity contribution is 0.0996. The lowest BCUT2D eigenvalue weighted by Crippen LogP contribution is -2.43. The first-order valence-corrected chi connectivity index (χ1v) is 8.60. The van der Waals surface area contributed by atoms with E-state index in [1.807, 2.05) is 24.3 Å². The Morgan fingerprint density at radius 3 is 2.77 bits per heavy atom. The van der Waals surface area contributed by atoms with Gasteiger partial charge in [-0.1, -0.05) is 19.1 Å². The van der Waals surface area contributed by atoms with Crippen LogP contribution in [0.3, 0.4) is 0 Å². The fraction of sp³-hybridized carbons (Fsp3) is 0.368. The molecule has 1 aliphatic rings. The molecule has 26 heavy (non-hydrogen) atoms. The molecule has 1 saturated heterocycles. The highest BCUT2D eigenvalue weighted by Crippen LogP contribution is 2.16. The standard InChI is InChI=1S/C19H24N4O2.HI/c1-14-4-2-10-23(13-14)19(20)21-12-15-6-8-16(9-7-15)22-18(24)17-5-3-11-25-17;/h3,5-9,11,14H,2,4,10,12-13H2,1H3,(H2,20,21)(H,22,24);1H. The van der Waals surface area contributed by atoms with Crippen LogP contribution in [0.1, 0.15) is 35.9 Å². The monoisotopic (exact) mass is 468 g/mol. The minimum Gasteiger partial charge on any atom is -0.459 e. The Labute approximate surface area is 170 Å². The van der Waals surface area contributed by atoms with Gasteiger partial charge in [0.2, 0.25) is 0 Å². The molecule has 1 atom stereocenters. The lowest BCUT2D eigenvalue weighted by Gasteiger charge is -2.31. The molecule has 2 aromatic rings. The van der Waals surface area contributed by atoms with E-state index in [4.69, 9.17) is 10.2 Å². The molecule has 1 aromatic carbocycles. The van der Waals surface area contributed by atoms with Crippen LogP contribution in [0.4, 0.5) is 5.69 Å². The van der Waals surface area contributed by atoms with Gasteiger partial charge in [0.15, 0.2) is 11.7 Å². The topological polar surface area (TPSA) is 83.9 Å². The summed E-state index contributed by atoms with van der Waals surface area (Å²) in [7, 11) is 0. The van der Waals surface area contributed by atoms with Crippen molar-refractivity contribution in [1.82, 2.24) is 4.90 Å². The normalized spacial score (nSPS) is 17.5. The zero-order valence-electron chi connectivity index (χ0n) is 14.9. The minimum atomic E-state index is -0.265. The highest BCUT2D eigenvalue weighted by Gasteiger charge is 2.17. The lowest BCUT2D eigenvalue weighted by atomic mass is 10.0. The number of benzene rings is 1. The molecular weight excluding hydrogens is 443 g/mol. The summed E-state index contributed by atoms with van der Waals surface area (Å²) in [4.78, 5) is 18.6. The summed E-state index contributed by atoms with van der Waals surface area (Å²) in [5.74, 6) is 1.30. The van der Waals surface area contributed by atoms with Gasteiger partial charge in [0.1, 0.15) is 0 Å². The number of rotatable bonds is 4. The smallest absolute Gasteiger partial charge is 0.291 e. The first-order valence-electron chi connectivity index (χ1n) is 8.60. The second kappa shape index (κ2) is 9.61. The number of carbonyl (C=O) groups is 1. The van der Waals surface area contributed by atoms with E-state index in [1.165, 1.54) is 19.1 Å². The Morgan fingerprint density at radius 2 is 2.12 bits per heavy atom. The Bertz CT molecular complexity index is 729. The van der Waals surface area contributed by atoms with Crippen LogP contribution in [0.15, 0.2) is 52.1 Å². The molecule has 0 radical (unpaired) electrons. The van der Waals surface area contributed by atoms with Gasteiger partial charge in [0, 0.05) is 18.8 Å². The number of hydrogen-bond acceptors (Lipinski definition) is 3. The van der Waals surface area contributed by atoms with E-state index < -0.39 is 0 Å². The number of likely N-dealkylation sites (tertiary alicyclic amines) is 1. The zero-order valence-corrected chi connectivity index (χ0v) is 17.2. The van der Waals surface area contributed by atoms with Crippen LogP contribution in [0.2, 0.25) is 0 Å². The van der Waals surface area contributed by atoms with E-state index in [2.05, 4.69) is 22.1 Å². The predicted molar refractivity (Wildman–Crippen MR) is 114 cm³/mol. The Kier molecular flexibility index (Phi) is 7.50. The summed E-state index contributed by atoms with van der Waals surface area (Å²) >= 11 is 0. The Hall–Kier alpha value is -2.03. The van der Waals surface area contributed by atoms with Gasteiger partial charge in [0.05, 0.1) is 12.8 Å². The van der Waals surface area contributed by atoms with Crippen molar-refractivity contribution in [3.05, 3.63) is 54.0 Å². The van der Waals surface area contributed by atoms with Crippen molar-refractivity contribution in [2.24, 2.45) is 16.6 Å². The van der Waals surface area contributed by atoms with Crippen LogP contribution in [-0.2, 0) is 6.54 Å². The number of aliphatic imine (C=N–C) groups is 1.